The Morgan fingerprint density at radius 1 is 1.19 bits per heavy atom. The zero-order chi connectivity index (χ0) is 19.1. The summed E-state index contributed by atoms with van der Waals surface area (Å²) in [6.45, 7) is 2.40. The van der Waals surface area contributed by atoms with E-state index in [1.165, 1.54) is 7.11 Å². The van der Waals surface area contributed by atoms with Crippen molar-refractivity contribution in [1.29, 1.82) is 0 Å². The third-order valence-electron chi connectivity index (χ3n) is 4.14. The predicted molar refractivity (Wildman–Crippen MR) is 95.8 cm³/mol. The SMILES string of the molecule is COc1cc(C(=O)NCc2ccco2)ccc1OCC(=O)N1CCOCC1. The molecule has 1 aliphatic rings. The highest BCUT2D eigenvalue weighted by Crippen LogP contribution is 2.28. The van der Waals surface area contributed by atoms with E-state index in [-0.39, 0.29) is 18.4 Å². The number of hydrogen-bond donors (Lipinski definition) is 1. The normalized spacial score (nSPS) is 13.9. The van der Waals surface area contributed by atoms with Crippen molar-refractivity contribution in [3.8, 4) is 11.5 Å². The van der Waals surface area contributed by atoms with Crippen molar-refractivity contribution in [1.82, 2.24) is 10.2 Å². The second-order valence-electron chi connectivity index (χ2n) is 5.91. The molecule has 0 aliphatic carbocycles. The van der Waals surface area contributed by atoms with E-state index in [1.54, 1.807) is 41.5 Å². The lowest BCUT2D eigenvalue weighted by molar-refractivity contribution is -0.137. The van der Waals surface area contributed by atoms with E-state index >= 15 is 0 Å². The molecule has 1 aromatic carbocycles. The van der Waals surface area contributed by atoms with Crippen LogP contribution in [0, 0.1) is 0 Å². The first kappa shape index (κ1) is 18.8. The highest BCUT2D eigenvalue weighted by atomic mass is 16.5. The first-order valence-electron chi connectivity index (χ1n) is 8.64. The molecule has 1 fully saturated rings. The van der Waals surface area contributed by atoms with Crippen LogP contribution < -0.4 is 14.8 Å². The Balaban J connectivity index is 1.58. The van der Waals surface area contributed by atoms with Gasteiger partial charge < -0.3 is 28.8 Å². The van der Waals surface area contributed by atoms with E-state index in [0.29, 0.717) is 55.7 Å². The Morgan fingerprint density at radius 3 is 2.70 bits per heavy atom. The summed E-state index contributed by atoms with van der Waals surface area (Å²) in [5.74, 6) is 1.08. The Hall–Kier alpha value is -3.00. The predicted octanol–water partition coefficient (Wildman–Crippen LogP) is 1.46. The summed E-state index contributed by atoms with van der Waals surface area (Å²) in [6.07, 6.45) is 1.55. The maximum atomic E-state index is 12.3. The lowest BCUT2D eigenvalue weighted by Gasteiger charge is -2.26. The third kappa shape index (κ3) is 5.01. The molecule has 2 aromatic rings. The molecule has 8 nitrogen and oxygen atoms in total. The highest BCUT2D eigenvalue weighted by molar-refractivity contribution is 5.94. The zero-order valence-corrected chi connectivity index (χ0v) is 15.1. The zero-order valence-electron chi connectivity index (χ0n) is 15.1. The number of furan rings is 1. The van der Waals surface area contributed by atoms with Crippen molar-refractivity contribution in [2.24, 2.45) is 0 Å². The minimum absolute atomic E-state index is 0.0968. The molecule has 3 rings (SSSR count). The number of benzene rings is 1. The Kier molecular flexibility index (Phi) is 6.32. The summed E-state index contributed by atoms with van der Waals surface area (Å²) in [5.41, 5.74) is 0.422. The van der Waals surface area contributed by atoms with E-state index in [2.05, 4.69) is 5.32 Å². The largest absolute Gasteiger partial charge is 0.493 e. The fraction of sp³-hybridized carbons (Fsp3) is 0.368. The average molecular weight is 374 g/mol. The fourth-order valence-corrected chi connectivity index (χ4v) is 2.65. The summed E-state index contributed by atoms with van der Waals surface area (Å²) < 4.78 is 21.3. The van der Waals surface area contributed by atoms with Gasteiger partial charge in [-0.05, 0) is 30.3 Å². The molecule has 144 valence electrons. The number of carbonyl (C=O) groups is 2. The molecule has 0 spiro atoms. The van der Waals surface area contributed by atoms with Gasteiger partial charge in [-0.3, -0.25) is 9.59 Å². The van der Waals surface area contributed by atoms with Crippen molar-refractivity contribution in [3.63, 3.8) is 0 Å². The van der Waals surface area contributed by atoms with E-state index in [0.717, 1.165) is 0 Å². The standard InChI is InChI=1S/C19H22N2O6/c1-24-17-11-14(19(23)20-12-15-3-2-8-26-15)4-5-16(17)27-13-18(22)21-6-9-25-10-7-21/h2-5,8,11H,6-7,9-10,12-13H2,1H3,(H,20,23). The Labute approximate surface area is 157 Å². The average Bonchev–Trinajstić information content (AvgIpc) is 3.24. The van der Waals surface area contributed by atoms with Crippen molar-refractivity contribution >= 4 is 11.8 Å². The van der Waals surface area contributed by atoms with Crippen molar-refractivity contribution < 1.29 is 28.2 Å². The topological polar surface area (TPSA) is 90.2 Å². The quantitative estimate of drug-likeness (QED) is 0.789. The summed E-state index contributed by atoms with van der Waals surface area (Å²) in [6, 6.07) is 8.35. The van der Waals surface area contributed by atoms with Crippen LogP contribution in [-0.2, 0) is 16.1 Å². The number of nitrogens with one attached hydrogen (secondary N) is 1. The van der Waals surface area contributed by atoms with E-state index in [9.17, 15) is 9.59 Å². The number of hydrogen-bond acceptors (Lipinski definition) is 6. The number of morpholine rings is 1. The van der Waals surface area contributed by atoms with Crippen molar-refractivity contribution in [3.05, 3.63) is 47.9 Å². The van der Waals surface area contributed by atoms with Crippen LogP contribution in [0.4, 0.5) is 0 Å². The molecule has 0 atom stereocenters. The lowest BCUT2D eigenvalue weighted by Crippen LogP contribution is -2.43. The van der Waals surface area contributed by atoms with Crippen LogP contribution in [0.25, 0.3) is 0 Å². The van der Waals surface area contributed by atoms with Gasteiger partial charge in [0, 0.05) is 18.7 Å². The second-order valence-corrected chi connectivity index (χ2v) is 5.91. The number of amides is 2. The summed E-state index contributed by atoms with van der Waals surface area (Å²) in [5, 5.41) is 2.76. The van der Waals surface area contributed by atoms with Gasteiger partial charge in [0.25, 0.3) is 11.8 Å². The molecular weight excluding hydrogens is 352 g/mol. The molecule has 2 heterocycles. The second kappa shape index (κ2) is 9.09. The monoisotopic (exact) mass is 374 g/mol. The molecule has 1 aliphatic heterocycles. The van der Waals surface area contributed by atoms with Gasteiger partial charge in [0.15, 0.2) is 18.1 Å². The summed E-state index contributed by atoms with van der Waals surface area (Å²) in [4.78, 5) is 26.1. The molecule has 8 heteroatoms. The van der Waals surface area contributed by atoms with Crippen molar-refractivity contribution in [2.45, 2.75) is 6.54 Å². The van der Waals surface area contributed by atoms with Gasteiger partial charge in [-0.1, -0.05) is 0 Å². The number of carbonyl (C=O) groups excluding carboxylic acids is 2. The molecule has 0 unspecified atom stereocenters. The van der Waals surface area contributed by atoms with Gasteiger partial charge >= 0.3 is 0 Å². The first-order chi connectivity index (χ1) is 13.2. The number of rotatable bonds is 7. The van der Waals surface area contributed by atoms with Crippen LogP contribution in [0.5, 0.6) is 11.5 Å². The molecule has 1 N–H and O–H groups in total. The minimum Gasteiger partial charge on any atom is -0.493 e. The van der Waals surface area contributed by atoms with Crippen LogP contribution >= 0.6 is 0 Å². The van der Waals surface area contributed by atoms with E-state index in [1.807, 2.05) is 0 Å². The summed E-state index contributed by atoms with van der Waals surface area (Å²) >= 11 is 0. The van der Waals surface area contributed by atoms with Gasteiger partial charge in [-0.2, -0.15) is 0 Å². The van der Waals surface area contributed by atoms with Gasteiger partial charge in [0.1, 0.15) is 5.76 Å². The summed E-state index contributed by atoms with van der Waals surface area (Å²) in [7, 11) is 1.48. The molecule has 1 saturated heterocycles. The van der Waals surface area contributed by atoms with E-state index in [4.69, 9.17) is 18.6 Å². The van der Waals surface area contributed by atoms with E-state index < -0.39 is 0 Å². The van der Waals surface area contributed by atoms with Gasteiger partial charge in [0.2, 0.25) is 0 Å². The van der Waals surface area contributed by atoms with Crippen LogP contribution in [0.15, 0.2) is 41.0 Å². The maximum absolute atomic E-state index is 12.3. The van der Waals surface area contributed by atoms with Crippen LogP contribution in [-0.4, -0.2) is 56.7 Å². The minimum atomic E-state index is -0.263. The van der Waals surface area contributed by atoms with Crippen LogP contribution in [0.1, 0.15) is 16.1 Å². The van der Waals surface area contributed by atoms with Gasteiger partial charge in [-0.25, -0.2) is 0 Å². The molecule has 0 radical (unpaired) electrons. The highest BCUT2D eigenvalue weighted by Gasteiger charge is 2.18. The fourth-order valence-electron chi connectivity index (χ4n) is 2.65. The molecule has 1 aromatic heterocycles. The maximum Gasteiger partial charge on any atom is 0.260 e. The van der Waals surface area contributed by atoms with Crippen LogP contribution in [0.3, 0.4) is 0 Å². The first-order valence-corrected chi connectivity index (χ1v) is 8.64. The lowest BCUT2D eigenvalue weighted by atomic mass is 10.2. The number of nitrogens with zero attached hydrogens (tertiary/aromatic N) is 1. The van der Waals surface area contributed by atoms with Gasteiger partial charge in [-0.15, -0.1) is 0 Å². The molecule has 0 bridgehead atoms. The smallest absolute Gasteiger partial charge is 0.260 e. The number of methoxy groups -OCH3 is 1. The molecule has 27 heavy (non-hydrogen) atoms. The van der Waals surface area contributed by atoms with Crippen molar-refractivity contribution in [2.75, 3.05) is 40.0 Å². The molecule has 0 saturated carbocycles. The Morgan fingerprint density at radius 2 is 2.00 bits per heavy atom. The molecular formula is C19H22N2O6. The third-order valence-corrected chi connectivity index (χ3v) is 4.14. The van der Waals surface area contributed by atoms with Gasteiger partial charge in [0.05, 0.1) is 33.1 Å². The molecule has 2 amide bonds. The Bertz CT molecular complexity index is 769. The van der Waals surface area contributed by atoms with Crippen LogP contribution in [0.2, 0.25) is 0 Å². The number of ether oxygens (including phenoxy) is 3.